The second-order valence-electron chi connectivity index (χ2n) is 4.35. The molecule has 0 fully saturated rings. The monoisotopic (exact) mass is 247 g/mol. The summed E-state index contributed by atoms with van der Waals surface area (Å²) < 4.78 is 0. The van der Waals surface area contributed by atoms with E-state index in [-0.39, 0.29) is 5.92 Å². The third kappa shape index (κ3) is 3.73. The Kier molecular flexibility index (Phi) is 4.66. The molecule has 0 heterocycles. The van der Waals surface area contributed by atoms with Crippen LogP contribution in [0.3, 0.4) is 0 Å². The lowest BCUT2D eigenvalue weighted by molar-refractivity contribution is -0.131. The quantitative estimate of drug-likeness (QED) is 0.804. The third-order valence-corrected chi connectivity index (χ3v) is 2.55. The van der Waals surface area contributed by atoms with E-state index in [1.807, 2.05) is 39.0 Å². The van der Waals surface area contributed by atoms with E-state index in [0.717, 1.165) is 29.0 Å². The molecular weight excluding hydrogens is 230 g/mol. The summed E-state index contributed by atoms with van der Waals surface area (Å²) in [5, 5.41) is 11.2. The number of para-hydroxylation sites is 1. The van der Waals surface area contributed by atoms with Crippen molar-refractivity contribution in [1.29, 1.82) is 0 Å². The number of carbonyl (C=O) groups is 2. The molecule has 2 N–H and O–H groups in total. The minimum atomic E-state index is -1.14. The zero-order valence-electron chi connectivity index (χ0n) is 10.7. The summed E-state index contributed by atoms with van der Waals surface area (Å²) in [6.07, 6.45) is 1.83. The number of hydrogen-bond acceptors (Lipinski definition) is 2. The maximum Gasteiger partial charge on any atom is 0.328 e. The number of hydrogen-bond donors (Lipinski definition) is 2. The van der Waals surface area contributed by atoms with Crippen LogP contribution in [0.1, 0.15) is 30.9 Å². The number of nitrogens with one attached hydrogen (secondary N) is 1. The van der Waals surface area contributed by atoms with Gasteiger partial charge in [-0.3, -0.25) is 4.79 Å². The van der Waals surface area contributed by atoms with Crippen molar-refractivity contribution in [3.63, 3.8) is 0 Å². The van der Waals surface area contributed by atoms with Crippen molar-refractivity contribution in [3.8, 4) is 0 Å². The van der Waals surface area contributed by atoms with Crippen molar-refractivity contribution in [1.82, 2.24) is 0 Å². The number of rotatable bonds is 4. The van der Waals surface area contributed by atoms with Gasteiger partial charge in [0.15, 0.2) is 0 Å². The molecule has 4 nitrogen and oxygen atoms in total. The van der Waals surface area contributed by atoms with Crippen LogP contribution in [0.15, 0.2) is 30.4 Å². The van der Waals surface area contributed by atoms with Crippen molar-refractivity contribution in [2.75, 3.05) is 5.32 Å². The molecule has 0 saturated carbocycles. The highest BCUT2D eigenvalue weighted by Gasteiger charge is 2.10. The molecule has 1 amide bonds. The average molecular weight is 247 g/mol. The van der Waals surface area contributed by atoms with Crippen LogP contribution in [-0.4, -0.2) is 17.0 Å². The molecule has 0 aromatic heterocycles. The van der Waals surface area contributed by atoms with Gasteiger partial charge < -0.3 is 10.4 Å². The summed E-state index contributed by atoms with van der Waals surface area (Å²) in [5.41, 5.74) is 2.75. The fraction of sp³-hybridized carbons (Fsp3) is 0.286. The highest BCUT2D eigenvalue weighted by molar-refractivity contribution is 6.03. The molecule has 0 saturated heterocycles. The Morgan fingerprint density at radius 2 is 1.94 bits per heavy atom. The lowest BCUT2D eigenvalue weighted by atomic mass is 9.98. The first-order valence-corrected chi connectivity index (χ1v) is 5.73. The summed E-state index contributed by atoms with van der Waals surface area (Å²) in [6.45, 7) is 5.98. The molecule has 0 aliphatic rings. The van der Waals surface area contributed by atoms with Crippen molar-refractivity contribution in [2.24, 2.45) is 0 Å². The Morgan fingerprint density at radius 3 is 2.50 bits per heavy atom. The summed E-state index contributed by atoms with van der Waals surface area (Å²) in [4.78, 5) is 21.9. The molecule has 96 valence electrons. The van der Waals surface area contributed by atoms with Gasteiger partial charge in [-0.2, -0.15) is 0 Å². The van der Waals surface area contributed by atoms with Crippen LogP contribution in [0.2, 0.25) is 0 Å². The van der Waals surface area contributed by atoms with Gasteiger partial charge in [0.05, 0.1) is 0 Å². The van der Waals surface area contributed by atoms with Crippen LogP contribution in [0.4, 0.5) is 5.69 Å². The van der Waals surface area contributed by atoms with Crippen molar-refractivity contribution >= 4 is 17.6 Å². The highest BCUT2D eigenvalue weighted by atomic mass is 16.4. The summed E-state index contributed by atoms with van der Waals surface area (Å²) in [7, 11) is 0. The Labute approximate surface area is 106 Å². The van der Waals surface area contributed by atoms with Crippen molar-refractivity contribution < 1.29 is 14.7 Å². The Morgan fingerprint density at radius 1 is 1.28 bits per heavy atom. The lowest BCUT2D eigenvalue weighted by Crippen LogP contribution is -2.12. The fourth-order valence-electron chi connectivity index (χ4n) is 1.65. The van der Waals surface area contributed by atoms with Gasteiger partial charge in [-0.15, -0.1) is 0 Å². The molecule has 4 heteroatoms. The van der Waals surface area contributed by atoms with E-state index in [4.69, 9.17) is 5.11 Å². The average Bonchev–Trinajstić information content (AvgIpc) is 2.28. The molecule has 0 radical (unpaired) electrons. The zero-order chi connectivity index (χ0) is 13.7. The largest absolute Gasteiger partial charge is 0.478 e. The fourth-order valence-corrected chi connectivity index (χ4v) is 1.65. The van der Waals surface area contributed by atoms with E-state index in [1.54, 1.807) is 0 Å². The maximum absolute atomic E-state index is 11.6. The van der Waals surface area contributed by atoms with E-state index >= 15 is 0 Å². The summed E-state index contributed by atoms with van der Waals surface area (Å²) in [6, 6.07) is 5.80. The number of benzene rings is 1. The number of carbonyl (C=O) groups excluding carboxylic acids is 1. The van der Waals surface area contributed by atoms with Crippen LogP contribution >= 0.6 is 0 Å². The second-order valence-corrected chi connectivity index (χ2v) is 4.35. The number of aryl methyl sites for hydroxylation is 1. The molecule has 1 aromatic rings. The molecule has 1 aromatic carbocycles. The number of anilines is 1. The standard InChI is InChI=1S/C14H17NO3/c1-9(2)11-6-4-5-10(3)14(11)15-12(16)7-8-13(17)18/h4-9H,1-3H3,(H,15,16)(H,17,18)/b8-7+. The van der Waals surface area contributed by atoms with Gasteiger partial charge in [-0.1, -0.05) is 32.0 Å². The number of aliphatic carboxylic acids is 1. The second kappa shape index (κ2) is 6.00. The van der Waals surface area contributed by atoms with Crippen LogP contribution < -0.4 is 5.32 Å². The minimum Gasteiger partial charge on any atom is -0.478 e. The van der Waals surface area contributed by atoms with E-state index in [1.165, 1.54) is 0 Å². The predicted molar refractivity (Wildman–Crippen MR) is 70.7 cm³/mol. The van der Waals surface area contributed by atoms with Gasteiger partial charge in [0.1, 0.15) is 0 Å². The summed E-state index contributed by atoms with van der Waals surface area (Å²) >= 11 is 0. The first-order chi connectivity index (χ1) is 8.41. The SMILES string of the molecule is Cc1cccc(C(C)C)c1NC(=O)/C=C/C(=O)O. The molecule has 0 bridgehead atoms. The van der Waals surface area contributed by atoms with Gasteiger partial charge in [0, 0.05) is 17.8 Å². The normalized spacial score (nSPS) is 10.9. The molecule has 1 rings (SSSR count). The molecule has 0 atom stereocenters. The van der Waals surface area contributed by atoms with E-state index in [9.17, 15) is 9.59 Å². The Hall–Kier alpha value is -2.10. The maximum atomic E-state index is 11.6. The van der Waals surface area contributed by atoms with Gasteiger partial charge in [0.2, 0.25) is 5.91 Å². The van der Waals surface area contributed by atoms with Crippen LogP contribution in [-0.2, 0) is 9.59 Å². The zero-order valence-corrected chi connectivity index (χ0v) is 10.7. The Balaban J connectivity index is 2.96. The predicted octanol–water partition coefficient (Wildman–Crippen LogP) is 2.70. The van der Waals surface area contributed by atoms with Crippen LogP contribution in [0.25, 0.3) is 0 Å². The third-order valence-electron chi connectivity index (χ3n) is 2.55. The lowest BCUT2D eigenvalue weighted by Gasteiger charge is -2.15. The number of carboxylic acids is 1. The molecular formula is C14H17NO3. The van der Waals surface area contributed by atoms with E-state index in [0.29, 0.717) is 0 Å². The molecule has 0 aliphatic carbocycles. The first kappa shape index (κ1) is 14.0. The smallest absolute Gasteiger partial charge is 0.328 e. The number of amides is 1. The van der Waals surface area contributed by atoms with Gasteiger partial charge in [0.25, 0.3) is 0 Å². The van der Waals surface area contributed by atoms with Gasteiger partial charge in [-0.25, -0.2) is 4.79 Å². The Bertz CT molecular complexity index is 490. The van der Waals surface area contributed by atoms with Crippen LogP contribution in [0.5, 0.6) is 0 Å². The minimum absolute atomic E-state index is 0.281. The van der Waals surface area contributed by atoms with Crippen molar-refractivity contribution in [2.45, 2.75) is 26.7 Å². The van der Waals surface area contributed by atoms with E-state index < -0.39 is 11.9 Å². The van der Waals surface area contributed by atoms with Crippen LogP contribution in [0, 0.1) is 6.92 Å². The first-order valence-electron chi connectivity index (χ1n) is 5.73. The molecule has 0 spiro atoms. The molecule has 0 aliphatic heterocycles. The molecule has 0 unspecified atom stereocenters. The topological polar surface area (TPSA) is 66.4 Å². The van der Waals surface area contributed by atoms with Gasteiger partial charge in [-0.05, 0) is 24.0 Å². The molecule has 18 heavy (non-hydrogen) atoms. The highest BCUT2D eigenvalue weighted by Crippen LogP contribution is 2.27. The van der Waals surface area contributed by atoms with Gasteiger partial charge >= 0.3 is 5.97 Å². The summed E-state index contributed by atoms with van der Waals surface area (Å²) in [5.74, 6) is -1.30. The van der Waals surface area contributed by atoms with Crippen molar-refractivity contribution in [3.05, 3.63) is 41.5 Å². The van der Waals surface area contributed by atoms with E-state index in [2.05, 4.69) is 5.32 Å². The number of carboxylic acid groups (broad SMARTS) is 1.